The fourth-order valence-corrected chi connectivity index (χ4v) is 1.14. The van der Waals surface area contributed by atoms with Gasteiger partial charge in [0.25, 0.3) is 0 Å². The van der Waals surface area contributed by atoms with E-state index in [0.717, 1.165) is 0 Å². The number of benzene rings is 1. The van der Waals surface area contributed by atoms with Gasteiger partial charge >= 0.3 is 0 Å². The lowest BCUT2D eigenvalue weighted by atomic mass is 10.2. The minimum absolute atomic E-state index is 0.0206. The largest absolute Gasteiger partial charge is 0.506 e. The van der Waals surface area contributed by atoms with Gasteiger partial charge in [0.1, 0.15) is 17.0 Å². The Morgan fingerprint density at radius 2 is 2.31 bits per heavy atom. The first kappa shape index (κ1) is 7.85. The first-order valence-electron chi connectivity index (χ1n) is 3.63. The zero-order chi connectivity index (χ0) is 9.59. The van der Waals surface area contributed by atoms with Crippen LogP contribution in [0.5, 0.6) is 5.75 Å². The van der Waals surface area contributed by atoms with Crippen molar-refractivity contribution < 1.29 is 13.9 Å². The molecule has 3 N–H and O–H groups in total. The number of rotatable bonds is 0. The van der Waals surface area contributed by atoms with Gasteiger partial charge in [0.05, 0.1) is 0 Å². The lowest BCUT2D eigenvalue weighted by Crippen LogP contribution is -1.91. The molecule has 5 heteroatoms. The third-order valence-corrected chi connectivity index (χ3v) is 1.75. The van der Waals surface area contributed by atoms with Crippen molar-refractivity contribution in [3.05, 3.63) is 17.8 Å². The van der Waals surface area contributed by atoms with Crippen LogP contribution in [0, 0.1) is 12.7 Å². The average molecular weight is 182 g/mol. The number of aromatic hydroxyl groups is 1. The maximum atomic E-state index is 13.3. The van der Waals surface area contributed by atoms with E-state index in [-0.39, 0.29) is 22.5 Å². The fraction of sp³-hybridized carbons (Fsp3) is 0.125. The molecule has 0 aliphatic carbocycles. The van der Waals surface area contributed by atoms with Gasteiger partial charge in [-0.25, -0.2) is 9.37 Å². The molecule has 0 aliphatic heterocycles. The molecule has 4 nitrogen and oxygen atoms in total. The summed E-state index contributed by atoms with van der Waals surface area (Å²) in [4.78, 5) is 3.85. The van der Waals surface area contributed by atoms with E-state index in [2.05, 4.69) is 4.98 Å². The molecule has 0 radical (unpaired) electrons. The Hall–Kier alpha value is -1.78. The lowest BCUT2D eigenvalue weighted by Gasteiger charge is -1.98. The summed E-state index contributed by atoms with van der Waals surface area (Å²) < 4.78 is 18.2. The van der Waals surface area contributed by atoms with Gasteiger partial charge in [0.2, 0.25) is 0 Å². The molecular formula is C8H7FN2O2. The van der Waals surface area contributed by atoms with Crippen molar-refractivity contribution in [1.29, 1.82) is 0 Å². The third-order valence-electron chi connectivity index (χ3n) is 1.75. The normalized spacial score (nSPS) is 10.9. The highest BCUT2D eigenvalue weighted by Crippen LogP contribution is 2.30. The molecule has 0 bridgehead atoms. The molecule has 0 unspecified atom stereocenters. The van der Waals surface area contributed by atoms with E-state index < -0.39 is 5.82 Å². The van der Waals surface area contributed by atoms with E-state index in [4.69, 9.17) is 15.3 Å². The van der Waals surface area contributed by atoms with Crippen LogP contribution in [0.2, 0.25) is 0 Å². The molecule has 0 fully saturated rings. The zero-order valence-electron chi connectivity index (χ0n) is 6.84. The summed E-state index contributed by atoms with van der Waals surface area (Å²) in [6.45, 7) is 1.59. The molecule has 1 aromatic heterocycles. The number of phenols is 1. The number of halogens is 1. The molecule has 0 spiro atoms. The third kappa shape index (κ3) is 1.00. The Bertz CT molecular complexity index is 478. The molecule has 0 saturated carbocycles. The summed E-state index contributed by atoms with van der Waals surface area (Å²) in [5.41, 5.74) is 5.17. The summed E-state index contributed by atoms with van der Waals surface area (Å²) in [5.74, 6) is -0.757. The van der Waals surface area contributed by atoms with Crippen molar-refractivity contribution in [2.75, 3.05) is 5.73 Å². The number of nitrogen functional groups attached to an aromatic ring is 1. The molecule has 68 valence electrons. The number of aryl methyl sites for hydroxylation is 1. The van der Waals surface area contributed by atoms with Crippen molar-refractivity contribution >= 4 is 16.8 Å². The topological polar surface area (TPSA) is 72.3 Å². The molecule has 2 aromatic rings. The van der Waals surface area contributed by atoms with Gasteiger partial charge < -0.3 is 15.3 Å². The Morgan fingerprint density at radius 1 is 1.62 bits per heavy atom. The predicted molar refractivity (Wildman–Crippen MR) is 44.8 cm³/mol. The molecule has 0 atom stereocenters. The van der Waals surface area contributed by atoms with Crippen LogP contribution in [-0.2, 0) is 0 Å². The van der Waals surface area contributed by atoms with E-state index in [0.29, 0.717) is 5.89 Å². The first-order chi connectivity index (χ1) is 6.09. The predicted octanol–water partition coefficient (Wildman–Crippen LogP) is 1.56. The Kier molecular flexibility index (Phi) is 1.42. The fourth-order valence-electron chi connectivity index (χ4n) is 1.14. The van der Waals surface area contributed by atoms with Crippen LogP contribution in [0.3, 0.4) is 0 Å². The molecular weight excluding hydrogens is 175 g/mol. The number of nitrogens with zero attached hydrogens (tertiary/aromatic N) is 1. The first-order valence-corrected chi connectivity index (χ1v) is 3.63. The minimum Gasteiger partial charge on any atom is -0.506 e. The number of nitrogens with two attached hydrogens (primary N) is 1. The van der Waals surface area contributed by atoms with Gasteiger partial charge in [-0.15, -0.1) is 0 Å². The van der Waals surface area contributed by atoms with Crippen LogP contribution in [0.25, 0.3) is 11.1 Å². The Labute approximate surface area is 72.8 Å². The number of hydrogen-bond acceptors (Lipinski definition) is 4. The number of oxazole rings is 1. The molecule has 13 heavy (non-hydrogen) atoms. The van der Waals surface area contributed by atoms with Gasteiger partial charge in [-0.1, -0.05) is 0 Å². The van der Waals surface area contributed by atoms with Crippen LogP contribution in [-0.4, -0.2) is 10.1 Å². The second-order valence-electron chi connectivity index (χ2n) is 2.70. The van der Waals surface area contributed by atoms with Crippen LogP contribution >= 0.6 is 0 Å². The van der Waals surface area contributed by atoms with Gasteiger partial charge in [-0.3, -0.25) is 0 Å². The standard InChI is InChI=1S/C8H7FN2O2/c1-3-11-4-2-5(12)7(10)6(9)8(4)13-3/h2,12H,10H2,1H3. The van der Waals surface area contributed by atoms with E-state index in [1.165, 1.54) is 6.07 Å². The summed E-state index contributed by atoms with van der Waals surface area (Å²) in [6, 6.07) is 1.27. The maximum Gasteiger partial charge on any atom is 0.194 e. The van der Waals surface area contributed by atoms with Crippen molar-refractivity contribution in [2.45, 2.75) is 6.92 Å². The summed E-state index contributed by atoms with van der Waals surface area (Å²) in [6.07, 6.45) is 0. The number of phenolic OH excluding ortho intramolecular Hbond substituents is 1. The summed E-state index contributed by atoms with van der Waals surface area (Å²) >= 11 is 0. The minimum atomic E-state index is -0.768. The van der Waals surface area contributed by atoms with E-state index in [1.54, 1.807) is 6.92 Å². The van der Waals surface area contributed by atoms with Gasteiger partial charge in [0.15, 0.2) is 17.3 Å². The van der Waals surface area contributed by atoms with E-state index in [9.17, 15) is 4.39 Å². The van der Waals surface area contributed by atoms with E-state index in [1.807, 2.05) is 0 Å². The van der Waals surface area contributed by atoms with Crippen LogP contribution in [0.1, 0.15) is 5.89 Å². The lowest BCUT2D eigenvalue weighted by molar-refractivity contribution is 0.471. The SMILES string of the molecule is Cc1nc2cc(O)c(N)c(F)c2o1. The van der Waals surface area contributed by atoms with Gasteiger partial charge in [-0.2, -0.15) is 0 Å². The monoisotopic (exact) mass is 182 g/mol. The van der Waals surface area contributed by atoms with Crippen LogP contribution < -0.4 is 5.73 Å². The number of anilines is 1. The van der Waals surface area contributed by atoms with Crippen molar-refractivity contribution in [3.8, 4) is 5.75 Å². The molecule has 0 saturated heterocycles. The van der Waals surface area contributed by atoms with E-state index >= 15 is 0 Å². The average Bonchev–Trinajstić information content (AvgIpc) is 2.42. The molecule has 1 aromatic carbocycles. The zero-order valence-corrected chi connectivity index (χ0v) is 6.84. The van der Waals surface area contributed by atoms with Gasteiger partial charge in [0, 0.05) is 13.0 Å². The summed E-state index contributed by atoms with van der Waals surface area (Å²) in [5, 5.41) is 9.16. The highest BCUT2D eigenvalue weighted by atomic mass is 19.1. The number of aromatic nitrogens is 1. The molecule has 0 amide bonds. The maximum absolute atomic E-state index is 13.3. The van der Waals surface area contributed by atoms with Gasteiger partial charge in [-0.05, 0) is 0 Å². The van der Waals surface area contributed by atoms with Crippen molar-refractivity contribution in [3.63, 3.8) is 0 Å². The second kappa shape index (κ2) is 2.35. The van der Waals surface area contributed by atoms with Crippen molar-refractivity contribution in [1.82, 2.24) is 4.98 Å². The summed E-state index contributed by atoms with van der Waals surface area (Å²) in [7, 11) is 0. The highest BCUT2D eigenvalue weighted by molar-refractivity contribution is 5.81. The quantitative estimate of drug-likeness (QED) is 0.479. The number of hydrogen-bond donors (Lipinski definition) is 2. The number of fused-ring (bicyclic) bond motifs is 1. The highest BCUT2D eigenvalue weighted by Gasteiger charge is 2.14. The van der Waals surface area contributed by atoms with Crippen LogP contribution in [0.4, 0.5) is 10.1 Å². The molecule has 2 rings (SSSR count). The smallest absolute Gasteiger partial charge is 0.194 e. The Morgan fingerprint density at radius 3 is 3.00 bits per heavy atom. The second-order valence-corrected chi connectivity index (χ2v) is 2.70. The van der Waals surface area contributed by atoms with Crippen LogP contribution in [0.15, 0.2) is 10.5 Å². The Balaban J connectivity index is 2.92. The molecule has 0 aliphatic rings. The van der Waals surface area contributed by atoms with Crippen molar-refractivity contribution in [2.24, 2.45) is 0 Å². The molecule has 1 heterocycles.